The Morgan fingerprint density at radius 1 is 0.677 bits per heavy atom. The predicted molar refractivity (Wildman–Crippen MR) is 131 cm³/mol. The summed E-state index contributed by atoms with van der Waals surface area (Å²) in [7, 11) is 0. The highest BCUT2D eigenvalue weighted by atomic mass is 14.5. The van der Waals surface area contributed by atoms with Crippen molar-refractivity contribution >= 4 is 22.0 Å². The van der Waals surface area contributed by atoms with E-state index < -0.39 is 0 Å². The number of allylic oxidation sites excluding steroid dienone is 5. The Morgan fingerprint density at radius 3 is 2.42 bits per heavy atom. The maximum atomic E-state index is 6.18. The van der Waals surface area contributed by atoms with Crippen molar-refractivity contribution in [3.8, 4) is 0 Å². The maximum Gasteiger partial charge on any atom is 0.0316 e. The number of rotatable bonds is 2. The van der Waals surface area contributed by atoms with Gasteiger partial charge < -0.3 is 5.73 Å². The quantitative estimate of drug-likeness (QED) is 0.358. The van der Waals surface area contributed by atoms with Crippen LogP contribution in [0, 0.1) is 5.92 Å². The number of benzene rings is 4. The Labute approximate surface area is 182 Å². The minimum Gasteiger partial charge on any atom is -0.399 e. The molecule has 0 aromatic heterocycles. The number of hydrogen-bond donors (Lipinski definition) is 1. The molecule has 0 saturated carbocycles. The monoisotopic (exact) mass is 397 g/mol. The summed E-state index contributed by atoms with van der Waals surface area (Å²) in [6, 6.07) is 32.7. The van der Waals surface area contributed by atoms with Crippen molar-refractivity contribution in [2.75, 3.05) is 5.73 Å². The lowest BCUT2D eigenvalue weighted by molar-refractivity contribution is 0.649. The van der Waals surface area contributed by atoms with Gasteiger partial charge in [-0.25, -0.2) is 0 Å². The van der Waals surface area contributed by atoms with Gasteiger partial charge >= 0.3 is 0 Å². The Morgan fingerprint density at radius 2 is 1.52 bits per heavy atom. The van der Waals surface area contributed by atoms with Crippen molar-refractivity contribution in [1.29, 1.82) is 0 Å². The molecule has 1 nitrogen and oxygen atoms in total. The van der Waals surface area contributed by atoms with Crippen LogP contribution in [0.5, 0.6) is 0 Å². The van der Waals surface area contributed by atoms with E-state index in [4.69, 9.17) is 5.73 Å². The molecule has 0 heterocycles. The van der Waals surface area contributed by atoms with Crippen molar-refractivity contribution < 1.29 is 0 Å². The Hall–Kier alpha value is -3.84. The zero-order valence-corrected chi connectivity index (χ0v) is 17.2. The second-order valence-corrected chi connectivity index (χ2v) is 8.40. The topological polar surface area (TPSA) is 26.0 Å². The third kappa shape index (κ3) is 2.93. The average Bonchev–Trinajstić information content (AvgIpc) is 2.82. The highest BCUT2D eigenvalue weighted by Crippen LogP contribution is 2.50. The lowest BCUT2D eigenvalue weighted by Gasteiger charge is -2.37. The van der Waals surface area contributed by atoms with Gasteiger partial charge in [-0.2, -0.15) is 0 Å². The largest absolute Gasteiger partial charge is 0.399 e. The lowest BCUT2D eigenvalue weighted by Crippen LogP contribution is -2.22. The van der Waals surface area contributed by atoms with Crippen molar-refractivity contribution in [2.45, 2.75) is 5.92 Å². The summed E-state index contributed by atoms with van der Waals surface area (Å²) in [6.45, 7) is 0. The van der Waals surface area contributed by atoms with E-state index >= 15 is 0 Å². The van der Waals surface area contributed by atoms with Crippen LogP contribution in [0.2, 0.25) is 0 Å². The smallest absolute Gasteiger partial charge is 0.0316 e. The first-order valence-corrected chi connectivity index (χ1v) is 10.8. The molecule has 2 N–H and O–H groups in total. The maximum absolute atomic E-state index is 6.18. The van der Waals surface area contributed by atoms with E-state index in [9.17, 15) is 0 Å². The second-order valence-electron chi connectivity index (χ2n) is 8.40. The highest BCUT2D eigenvalue weighted by molar-refractivity contribution is 5.93. The minimum atomic E-state index is 0.250. The number of anilines is 1. The molecule has 0 amide bonds. The third-order valence-electron chi connectivity index (χ3n) is 6.59. The van der Waals surface area contributed by atoms with Crippen LogP contribution in [0.3, 0.4) is 0 Å². The molecule has 0 fully saturated rings. The van der Waals surface area contributed by atoms with Gasteiger partial charge in [0.2, 0.25) is 0 Å². The van der Waals surface area contributed by atoms with Crippen LogP contribution in [0.1, 0.15) is 28.2 Å². The molecule has 1 heteroatoms. The fraction of sp³-hybridized carbons (Fsp3) is 0.0667. The third-order valence-corrected chi connectivity index (χ3v) is 6.59. The highest BCUT2D eigenvalue weighted by Gasteiger charge is 2.35. The molecular formula is C30H23N. The molecule has 0 saturated heterocycles. The average molecular weight is 398 g/mol. The number of nitrogens with two attached hydrogens (primary N) is 1. The molecule has 31 heavy (non-hydrogen) atoms. The lowest BCUT2D eigenvalue weighted by atomic mass is 9.66. The van der Waals surface area contributed by atoms with Crippen LogP contribution in [0.15, 0.2) is 121 Å². The number of nitrogen functional groups attached to an aromatic ring is 1. The van der Waals surface area contributed by atoms with Gasteiger partial charge in [0.05, 0.1) is 0 Å². The van der Waals surface area contributed by atoms with Crippen molar-refractivity contribution in [3.63, 3.8) is 0 Å². The van der Waals surface area contributed by atoms with Crippen LogP contribution in [0.4, 0.5) is 5.69 Å². The summed E-state index contributed by atoms with van der Waals surface area (Å²) in [4.78, 5) is 0. The van der Waals surface area contributed by atoms with Crippen LogP contribution >= 0.6 is 0 Å². The summed E-state index contributed by atoms with van der Waals surface area (Å²) in [6.07, 6.45) is 8.99. The first-order chi connectivity index (χ1) is 15.3. The SMILES string of the molecule is Nc1cccc(C2c3ccccc3C(c3ccc4ccccc4c3)=C3C=CC=CC32)c1. The predicted octanol–water partition coefficient (Wildman–Crippen LogP) is 7.11. The van der Waals surface area contributed by atoms with E-state index in [0.717, 1.165) is 5.69 Å². The normalized spacial score (nSPS) is 19.4. The van der Waals surface area contributed by atoms with Gasteiger partial charge in [-0.1, -0.05) is 97.1 Å². The molecule has 0 radical (unpaired) electrons. The van der Waals surface area contributed by atoms with E-state index in [0.29, 0.717) is 0 Å². The molecule has 2 aliphatic rings. The van der Waals surface area contributed by atoms with E-state index in [-0.39, 0.29) is 11.8 Å². The molecule has 4 aromatic rings. The molecule has 0 bridgehead atoms. The van der Waals surface area contributed by atoms with Crippen LogP contribution in [-0.4, -0.2) is 0 Å². The van der Waals surface area contributed by atoms with E-state index in [1.165, 1.54) is 44.2 Å². The van der Waals surface area contributed by atoms with Crippen LogP contribution in [-0.2, 0) is 0 Å². The first-order valence-electron chi connectivity index (χ1n) is 10.8. The van der Waals surface area contributed by atoms with E-state index in [1.807, 2.05) is 6.07 Å². The van der Waals surface area contributed by atoms with Gasteiger partial charge in [-0.15, -0.1) is 0 Å². The fourth-order valence-electron chi connectivity index (χ4n) is 5.25. The molecule has 148 valence electrons. The van der Waals surface area contributed by atoms with Crippen LogP contribution in [0.25, 0.3) is 16.3 Å². The van der Waals surface area contributed by atoms with Crippen molar-refractivity contribution in [3.05, 3.63) is 143 Å². The molecule has 4 aromatic carbocycles. The van der Waals surface area contributed by atoms with Gasteiger partial charge in [-0.05, 0) is 62.4 Å². The van der Waals surface area contributed by atoms with Crippen LogP contribution < -0.4 is 5.73 Å². The number of hydrogen-bond acceptors (Lipinski definition) is 1. The fourth-order valence-corrected chi connectivity index (χ4v) is 5.25. The van der Waals surface area contributed by atoms with Gasteiger partial charge in [0.25, 0.3) is 0 Å². The van der Waals surface area contributed by atoms with Gasteiger partial charge in [-0.3, -0.25) is 0 Å². The van der Waals surface area contributed by atoms with Gasteiger partial charge in [0.15, 0.2) is 0 Å². The molecule has 0 spiro atoms. The Bertz CT molecular complexity index is 1400. The van der Waals surface area contributed by atoms with Gasteiger partial charge in [0.1, 0.15) is 0 Å². The summed E-state index contributed by atoms with van der Waals surface area (Å²) in [5.41, 5.74) is 14.9. The van der Waals surface area contributed by atoms with E-state index in [1.54, 1.807) is 0 Å². The second kappa shape index (κ2) is 7.14. The molecule has 2 unspecified atom stereocenters. The minimum absolute atomic E-state index is 0.250. The summed E-state index contributed by atoms with van der Waals surface area (Å²) >= 11 is 0. The van der Waals surface area contributed by atoms with E-state index in [2.05, 4.69) is 109 Å². The zero-order valence-electron chi connectivity index (χ0n) is 17.2. The number of fused-ring (bicyclic) bond motifs is 3. The summed E-state index contributed by atoms with van der Waals surface area (Å²) in [5.74, 6) is 0.531. The summed E-state index contributed by atoms with van der Waals surface area (Å²) in [5, 5.41) is 2.55. The molecule has 2 aliphatic carbocycles. The van der Waals surface area contributed by atoms with Crippen molar-refractivity contribution in [2.24, 2.45) is 5.92 Å². The molecule has 6 rings (SSSR count). The van der Waals surface area contributed by atoms with Crippen molar-refractivity contribution in [1.82, 2.24) is 0 Å². The van der Waals surface area contributed by atoms with Gasteiger partial charge in [0, 0.05) is 17.5 Å². The Balaban J connectivity index is 1.63. The first kappa shape index (κ1) is 18.0. The standard InChI is InChI=1S/C30H23N/c31-24-11-7-10-22(19-24)29-25-12-3-5-14-27(25)30(28-15-6-4-13-26(28)29)23-17-16-20-8-1-2-9-21(20)18-23/h1-19,25,29H,31H2. The Kier molecular flexibility index (Phi) is 4.14. The zero-order chi connectivity index (χ0) is 20.8. The molecular weight excluding hydrogens is 374 g/mol. The molecule has 0 aliphatic heterocycles. The summed E-state index contributed by atoms with van der Waals surface area (Å²) < 4.78 is 0. The molecule has 2 atom stereocenters.